The van der Waals surface area contributed by atoms with Crippen LogP contribution in [-0.4, -0.2) is 28.1 Å². The van der Waals surface area contributed by atoms with Crippen molar-refractivity contribution in [2.45, 2.75) is 43.9 Å². The molecule has 0 amide bonds. The van der Waals surface area contributed by atoms with Gasteiger partial charge in [0.25, 0.3) is 6.17 Å². The number of phenols is 1. The smallest absolute Gasteiger partial charge is 0.325 e. The van der Waals surface area contributed by atoms with Gasteiger partial charge in [0.15, 0.2) is 11.5 Å². The van der Waals surface area contributed by atoms with Crippen molar-refractivity contribution in [1.29, 1.82) is 0 Å². The lowest BCUT2D eigenvalue weighted by Gasteiger charge is -2.23. The summed E-state index contributed by atoms with van der Waals surface area (Å²) in [7, 11) is 1.47. The van der Waals surface area contributed by atoms with Crippen molar-refractivity contribution in [1.82, 2.24) is 10.1 Å². The van der Waals surface area contributed by atoms with Crippen LogP contribution in [0.15, 0.2) is 46.3 Å². The van der Waals surface area contributed by atoms with Gasteiger partial charge in [-0.2, -0.15) is 0 Å². The zero-order chi connectivity index (χ0) is 22.7. The molecule has 0 aliphatic carbocycles. The summed E-state index contributed by atoms with van der Waals surface area (Å²) in [5.74, 6) is 1.02. The molecule has 0 saturated heterocycles. The van der Waals surface area contributed by atoms with Crippen molar-refractivity contribution in [3.8, 4) is 22.8 Å². The first kappa shape index (κ1) is 22.5. The molecule has 32 heavy (non-hydrogen) atoms. The Bertz CT molecular complexity index is 1180. The van der Waals surface area contributed by atoms with Gasteiger partial charge in [-0.15, -0.1) is 0 Å². The molecule has 1 atom stereocenters. The van der Waals surface area contributed by atoms with Gasteiger partial charge in [0, 0.05) is 16.4 Å². The van der Waals surface area contributed by atoms with Gasteiger partial charge in [0.05, 0.1) is 23.4 Å². The predicted molar refractivity (Wildman–Crippen MR) is 127 cm³/mol. The number of fused-ring (bicyclic) bond motifs is 3. The number of methoxy groups -OCH3 is 1. The highest BCUT2D eigenvalue weighted by Gasteiger charge is 2.38. The zero-order valence-corrected chi connectivity index (χ0v) is 19.6. The second-order valence-corrected chi connectivity index (χ2v) is 9.10. The highest BCUT2D eigenvalue weighted by Crippen LogP contribution is 2.38. The number of aromatic amines is 1. The Morgan fingerprint density at radius 1 is 1.25 bits per heavy atom. The number of para-hydroxylation sites is 1. The van der Waals surface area contributed by atoms with E-state index in [4.69, 9.17) is 21.4 Å². The summed E-state index contributed by atoms with van der Waals surface area (Å²) in [6.45, 7) is 2.18. The molecule has 0 radical (unpaired) electrons. The second-order valence-electron chi connectivity index (χ2n) is 7.61. The topological polar surface area (TPSA) is 91.1 Å². The molecule has 1 aliphatic rings. The number of hydrogen-bond donors (Lipinski definition) is 3. The molecule has 1 aliphatic heterocycles. The quantitative estimate of drug-likeness (QED) is 0.249. The van der Waals surface area contributed by atoms with E-state index in [1.165, 1.54) is 20.0 Å². The van der Waals surface area contributed by atoms with Crippen LogP contribution >= 0.6 is 23.4 Å². The lowest BCUT2D eigenvalue weighted by Crippen LogP contribution is -2.55. The normalized spacial score (nSPS) is 14.4. The molecule has 168 valence electrons. The largest absolute Gasteiger partial charge is 0.503 e. The summed E-state index contributed by atoms with van der Waals surface area (Å²) < 4.78 is 6.98. The first-order valence-electron chi connectivity index (χ1n) is 10.6. The third-order valence-corrected chi connectivity index (χ3v) is 6.64. The van der Waals surface area contributed by atoms with Gasteiger partial charge in [-0.05, 0) is 35.4 Å². The first-order valence-corrected chi connectivity index (χ1v) is 12.0. The first-order chi connectivity index (χ1) is 15.5. The molecule has 2 aromatic carbocycles. The number of hydrogen-bond acceptors (Lipinski definition) is 6. The Labute approximate surface area is 195 Å². The van der Waals surface area contributed by atoms with Crippen LogP contribution in [0.4, 0.5) is 5.69 Å². The van der Waals surface area contributed by atoms with Crippen molar-refractivity contribution in [3.05, 3.63) is 57.3 Å². The lowest BCUT2D eigenvalue weighted by molar-refractivity contribution is -0.759. The van der Waals surface area contributed by atoms with Crippen molar-refractivity contribution in [2.24, 2.45) is 0 Å². The third-order valence-electron chi connectivity index (χ3n) is 5.41. The number of phenolic OH excluding ortho intramolecular Hbond substituents is 1. The van der Waals surface area contributed by atoms with Gasteiger partial charge < -0.3 is 15.2 Å². The predicted octanol–water partition coefficient (Wildman–Crippen LogP) is 4.74. The minimum atomic E-state index is -0.506. The van der Waals surface area contributed by atoms with Crippen molar-refractivity contribution >= 4 is 29.1 Å². The van der Waals surface area contributed by atoms with E-state index >= 15 is 0 Å². The molecule has 9 heteroatoms. The van der Waals surface area contributed by atoms with Crippen molar-refractivity contribution < 1.29 is 14.5 Å². The number of nitrogens with one attached hydrogen (secondary N) is 2. The Hall–Kier alpha value is -2.71. The molecule has 3 aromatic rings. The van der Waals surface area contributed by atoms with Crippen LogP contribution in [0.5, 0.6) is 11.5 Å². The van der Waals surface area contributed by atoms with Gasteiger partial charge in [-0.3, -0.25) is 9.78 Å². The molecule has 0 spiro atoms. The fourth-order valence-corrected chi connectivity index (χ4v) is 4.86. The summed E-state index contributed by atoms with van der Waals surface area (Å²) in [5, 5.41) is 19.1. The van der Waals surface area contributed by atoms with Gasteiger partial charge in [0.2, 0.25) is 5.16 Å². The number of ether oxygens (including phenoxy) is 1. The summed E-state index contributed by atoms with van der Waals surface area (Å²) >= 11 is 7.80. The van der Waals surface area contributed by atoms with E-state index in [1.807, 2.05) is 24.3 Å². The Morgan fingerprint density at radius 3 is 2.84 bits per heavy atom. The Kier molecular flexibility index (Phi) is 6.91. The molecule has 7 nitrogen and oxygen atoms in total. The van der Waals surface area contributed by atoms with E-state index in [0.717, 1.165) is 29.8 Å². The van der Waals surface area contributed by atoms with E-state index in [2.05, 4.69) is 17.2 Å². The van der Waals surface area contributed by atoms with Crippen molar-refractivity contribution in [2.75, 3.05) is 18.2 Å². The van der Waals surface area contributed by atoms with Crippen LogP contribution in [0.1, 0.15) is 44.3 Å². The molecule has 0 unspecified atom stereocenters. The molecular weight excluding hydrogens is 448 g/mol. The summed E-state index contributed by atoms with van der Waals surface area (Å²) in [5.41, 5.74) is 2.55. The number of thioether (sulfide) groups is 1. The highest BCUT2D eigenvalue weighted by molar-refractivity contribution is 7.99. The molecule has 0 fully saturated rings. The van der Waals surface area contributed by atoms with Crippen LogP contribution < -0.4 is 20.3 Å². The standard InChI is InChI=1S/C23H25ClN4O3S/c1-3-4-5-8-11-32-23-26-22(30)19-15-9-6-7-10-17(15)25-21(28(19)27-23)14-12-16(24)20(29)18(13-14)31-2/h6-7,9-10,12-13,21H,3-5,8,11H2,1-2H3,(H2,26,27,29,30)/p+1/t21-/m1/s1. The monoisotopic (exact) mass is 473 g/mol. The van der Waals surface area contributed by atoms with Gasteiger partial charge in [-0.1, -0.05) is 61.7 Å². The lowest BCUT2D eigenvalue weighted by atomic mass is 10.0. The molecular formula is C23H26ClN4O3S+. The number of rotatable bonds is 8. The second kappa shape index (κ2) is 9.83. The van der Waals surface area contributed by atoms with E-state index in [0.29, 0.717) is 16.4 Å². The Balaban J connectivity index is 1.78. The van der Waals surface area contributed by atoms with Gasteiger partial charge >= 0.3 is 11.3 Å². The fraction of sp³-hybridized carbons (Fsp3) is 0.348. The summed E-state index contributed by atoms with van der Waals surface area (Å²) in [6, 6.07) is 11.0. The van der Waals surface area contributed by atoms with E-state index < -0.39 is 6.17 Å². The van der Waals surface area contributed by atoms with E-state index in [-0.39, 0.29) is 22.1 Å². The fourth-order valence-electron chi connectivity index (χ4n) is 3.78. The molecule has 4 rings (SSSR count). The molecule has 0 bridgehead atoms. The van der Waals surface area contributed by atoms with Crippen molar-refractivity contribution in [3.63, 3.8) is 0 Å². The van der Waals surface area contributed by atoms with Crippen LogP contribution in [0.25, 0.3) is 11.3 Å². The number of benzene rings is 2. The van der Waals surface area contributed by atoms with Crippen LogP contribution in [-0.2, 0) is 0 Å². The average molecular weight is 474 g/mol. The van der Waals surface area contributed by atoms with E-state index in [1.54, 1.807) is 28.6 Å². The van der Waals surface area contributed by atoms with Gasteiger partial charge in [0.1, 0.15) is 0 Å². The van der Waals surface area contributed by atoms with Gasteiger partial charge in [-0.25, -0.2) is 0 Å². The summed E-state index contributed by atoms with van der Waals surface area (Å²) in [6.07, 6.45) is 4.11. The minimum Gasteiger partial charge on any atom is -0.503 e. The van der Waals surface area contributed by atoms with Crippen LogP contribution in [0.3, 0.4) is 0 Å². The van der Waals surface area contributed by atoms with E-state index in [9.17, 15) is 9.90 Å². The zero-order valence-electron chi connectivity index (χ0n) is 18.0. The molecule has 2 heterocycles. The number of anilines is 1. The molecule has 3 N–H and O–H groups in total. The molecule has 1 aromatic heterocycles. The highest BCUT2D eigenvalue weighted by atomic mass is 35.5. The minimum absolute atomic E-state index is 0.124. The maximum absolute atomic E-state index is 13.2. The number of H-pyrrole nitrogens is 1. The average Bonchev–Trinajstić information content (AvgIpc) is 2.80. The summed E-state index contributed by atoms with van der Waals surface area (Å²) in [4.78, 5) is 16.1. The van der Waals surface area contributed by atoms with Crippen LogP contribution in [0, 0.1) is 0 Å². The number of aromatic hydroxyl groups is 1. The maximum atomic E-state index is 13.2. The maximum Gasteiger partial charge on any atom is 0.325 e. The Morgan fingerprint density at radius 2 is 2.06 bits per heavy atom. The number of aromatic nitrogens is 3. The number of halogens is 1. The number of unbranched alkanes of at least 4 members (excludes halogenated alkanes) is 3. The third kappa shape index (κ3) is 4.42. The van der Waals surface area contributed by atoms with Crippen LogP contribution in [0.2, 0.25) is 5.02 Å². The number of nitrogens with zero attached hydrogens (tertiary/aromatic N) is 2. The SMILES string of the molecule is CCCCCCSc1n[n+]2c(c(=O)[nH]1)-c1ccccc1N[C@H]2c1cc(Cl)c(O)c(OC)c1. The molecule has 0 saturated carbocycles.